The summed E-state index contributed by atoms with van der Waals surface area (Å²) in [7, 11) is 0. The quantitative estimate of drug-likeness (QED) is 0.315. The van der Waals surface area contributed by atoms with Gasteiger partial charge in [0.05, 0.1) is 17.0 Å². The molecule has 9 heteroatoms. The van der Waals surface area contributed by atoms with Crippen molar-refractivity contribution in [2.24, 2.45) is 0 Å². The summed E-state index contributed by atoms with van der Waals surface area (Å²) in [6.07, 6.45) is 6.37. The first-order chi connectivity index (χ1) is 17.7. The van der Waals surface area contributed by atoms with Crippen molar-refractivity contribution in [3.05, 3.63) is 90.3 Å². The molecule has 0 spiro atoms. The van der Waals surface area contributed by atoms with E-state index < -0.39 is 0 Å². The Bertz CT molecular complexity index is 1340. The van der Waals surface area contributed by atoms with Crippen molar-refractivity contribution in [2.45, 2.75) is 30.5 Å². The fourth-order valence-corrected chi connectivity index (χ4v) is 4.70. The molecule has 2 aromatic heterocycles. The van der Waals surface area contributed by atoms with Crippen LogP contribution in [0.1, 0.15) is 34.8 Å². The molecule has 0 unspecified atom stereocenters. The lowest BCUT2D eigenvalue weighted by atomic mass is 10.1. The molecule has 4 aromatic rings. The predicted molar refractivity (Wildman–Crippen MR) is 140 cm³/mol. The average Bonchev–Trinajstić information content (AvgIpc) is 3.67. The largest absolute Gasteiger partial charge is 0.352 e. The molecule has 36 heavy (non-hydrogen) atoms. The molecule has 0 saturated heterocycles. The number of hydrogen-bond donors (Lipinski definition) is 2. The number of benzene rings is 2. The minimum atomic E-state index is -0.218. The zero-order valence-electron chi connectivity index (χ0n) is 19.6. The number of carbonyl (C=O) groups excluding carboxylic acids is 2. The van der Waals surface area contributed by atoms with Crippen LogP contribution in [-0.2, 0) is 11.2 Å². The second-order valence-corrected chi connectivity index (χ2v) is 9.47. The summed E-state index contributed by atoms with van der Waals surface area (Å²) in [6, 6.07) is 21.2. The first-order valence-electron chi connectivity index (χ1n) is 11.9. The molecule has 0 bridgehead atoms. The van der Waals surface area contributed by atoms with Crippen molar-refractivity contribution < 1.29 is 9.59 Å². The van der Waals surface area contributed by atoms with Crippen LogP contribution in [0.25, 0.3) is 11.4 Å². The van der Waals surface area contributed by atoms with Crippen molar-refractivity contribution in [1.29, 1.82) is 0 Å². The lowest BCUT2D eigenvalue weighted by Crippen LogP contribution is -2.27. The Hall–Kier alpha value is -3.98. The van der Waals surface area contributed by atoms with Crippen LogP contribution in [0.3, 0.4) is 0 Å². The van der Waals surface area contributed by atoms with Crippen LogP contribution in [0, 0.1) is 0 Å². The van der Waals surface area contributed by atoms with Crippen LogP contribution in [-0.4, -0.2) is 43.9 Å². The maximum atomic E-state index is 12.8. The van der Waals surface area contributed by atoms with Gasteiger partial charge in [0.25, 0.3) is 5.91 Å². The molecule has 5 rings (SSSR count). The van der Waals surface area contributed by atoms with Crippen molar-refractivity contribution in [3.63, 3.8) is 0 Å². The van der Waals surface area contributed by atoms with Crippen molar-refractivity contribution in [3.8, 4) is 11.4 Å². The third-order valence-electron chi connectivity index (χ3n) is 5.82. The molecule has 1 fully saturated rings. The predicted octanol–water partition coefficient (Wildman–Crippen LogP) is 4.38. The molecular weight excluding hydrogens is 472 g/mol. The van der Waals surface area contributed by atoms with Crippen molar-refractivity contribution in [1.82, 2.24) is 25.1 Å². The molecule has 1 saturated carbocycles. The second kappa shape index (κ2) is 11.2. The van der Waals surface area contributed by atoms with E-state index in [1.807, 2.05) is 42.5 Å². The van der Waals surface area contributed by atoms with Gasteiger partial charge in [-0.05, 0) is 49.1 Å². The zero-order valence-corrected chi connectivity index (χ0v) is 20.4. The van der Waals surface area contributed by atoms with Crippen LogP contribution >= 0.6 is 11.8 Å². The van der Waals surface area contributed by atoms with Crippen LogP contribution in [0.4, 0.5) is 5.69 Å². The smallest absolute Gasteiger partial charge is 0.253 e. The molecule has 182 valence electrons. The summed E-state index contributed by atoms with van der Waals surface area (Å²) < 4.78 is 2.10. The lowest BCUT2D eigenvalue weighted by molar-refractivity contribution is -0.113. The summed E-state index contributed by atoms with van der Waals surface area (Å²) >= 11 is 1.34. The fraction of sp³-hybridized carbons (Fsp3) is 0.222. The van der Waals surface area contributed by atoms with Crippen LogP contribution in [0.2, 0.25) is 0 Å². The van der Waals surface area contributed by atoms with E-state index in [2.05, 4.69) is 30.4 Å². The monoisotopic (exact) mass is 498 g/mol. The van der Waals surface area contributed by atoms with E-state index in [0.29, 0.717) is 29.0 Å². The van der Waals surface area contributed by atoms with Gasteiger partial charge < -0.3 is 10.6 Å². The van der Waals surface area contributed by atoms with Gasteiger partial charge in [0.1, 0.15) is 0 Å². The number of anilines is 1. The highest BCUT2D eigenvalue weighted by atomic mass is 32.2. The standard InChI is InChI=1S/C27H26N6O2S/c34-24(18-36-27-32-31-25(33(27)21-12-13-21)20-9-6-15-28-17-20)30-23-11-5-4-10-22(23)26(35)29-16-14-19-7-2-1-3-8-19/h1-11,15,17,21H,12-14,16,18H2,(H,29,35)(H,30,34). The van der Waals surface area contributed by atoms with Gasteiger partial charge in [-0.1, -0.05) is 54.2 Å². The van der Waals surface area contributed by atoms with Gasteiger partial charge in [0.15, 0.2) is 11.0 Å². The normalized spacial score (nSPS) is 12.8. The number of rotatable bonds is 10. The number of amides is 2. The minimum Gasteiger partial charge on any atom is -0.352 e. The fourth-order valence-electron chi connectivity index (χ4n) is 3.90. The third-order valence-corrected chi connectivity index (χ3v) is 6.76. The maximum absolute atomic E-state index is 12.8. The van der Waals surface area contributed by atoms with Gasteiger partial charge in [-0.2, -0.15) is 0 Å². The first kappa shape index (κ1) is 23.7. The Labute approximate surface area is 213 Å². The molecular formula is C27H26N6O2S. The Morgan fingerprint density at radius 3 is 2.56 bits per heavy atom. The summed E-state index contributed by atoms with van der Waals surface area (Å²) in [5.74, 6) is 0.495. The molecule has 1 aliphatic rings. The van der Waals surface area contributed by atoms with Crippen LogP contribution in [0.15, 0.2) is 84.3 Å². The van der Waals surface area contributed by atoms with Crippen LogP contribution < -0.4 is 10.6 Å². The summed E-state index contributed by atoms with van der Waals surface area (Å²) in [6.45, 7) is 0.511. The Morgan fingerprint density at radius 1 is 0.972 bits per heavy atom. The molecule has 2 heterocycles. The van der Waals surface area contributed by atoms with Crippen LogP contribution in [0.5, 0.6) is 0 Å². The molecule has 8 nitrogen and oxygen atoms in total. The number of pyridine rings is 1. The van der Waals surface area contributed by atoms with Gasteiger partial charge in [-0.15, -0.1) is 10.2 Å². The van der Waals surface area contributed by atoms with Crippen molar-refractivity contribution in [2.75, 3.05) is 17.6 Å². The lowest BCUT2D eigenvalue weighted by Gasteiger charge is -2.12. The molecule has 2 amide bonds. The van der Waals surface area contributed by atoms with E-state index in [9.17, 15) is 9.59 Å². The molecule has 0 aliphatic heterocycles. The van der Waals surface area contributed by atoms with E-state index in [1.54, 1.807) is 36.7 Å². The van der Waals surface area contributed by atoms with E-state index >= 15 is 0 Å². The highest BCUT2D eigenvalue weighted by molar-refractivity contribution is 7.99. The average molecular weight is 499 g/mol. The van der Waals surface area contributed by atoms with Gasteiger partial charge in [0.2, 0.25) is 5.91 Å². The Kier molecular flexibility index (Phi) is 7.37. The summed E-state index contributed by atoms with van der Waals surface area (Å²) in [5, 5.41) is 15.2. The number of hydrogen-bond acceptors (Lipinski definition) is 6. The summed E-state index contributed by atoms with van der Waals surface area (Å²) in [5.41, 5.74) is 2.98. The number of nitrogens with one attached hydrogen (secondary N) is 2. The molecule has 0 radical (unpaired) electrons. The van der Waals surface area contributed by atoms with E-state index in [-0.39, 0.29) is 17.6 Å². The van der Waals surface area contributed by atoms with E-state index in [4.69, 9.17) is 0 Å². The first-order valence-corrected chi connectivity index (χ1v) is 12.9. The topological polar surface area (TPSA) is 102 Å². The number of thioether (sulfide) groups is 1. The number of nitrogens with zero attached hydrogens (tertiary/aromatic N) is 4. The van der Waals surface area contributed by atoms with Gasteiger partial charge in [-0.25, -0.2) is 0 Å². The molecule has 2 aromatic carbocycles. The molecule has 0 atom stereocenters. The van der Waals surface area contributed by atoms with Crippen molar-refractivity contribution >= 4 is 29.3 Å². The Morgan fingerprint density at radius 2 is 1.78 bits per heavy atom. The minimum absolute atomic E-state index is 0.155. The van der Waals surface area contributed by atoms with Gasteiger partial charge in [-0.3, -0.25) is 19.1 Å². The SMILES string of the molecule is O=C(CSc1nnc(-c2cccnc2)n1C1CC1)Nc1ccccc1C(=O)NCCc1ccccc1. The van der Waals surface area contributed by atoms with Gasteiger partial charge >= 0.3 is 0 Å². The number of aromatic nitrogens is 4. The van der Waals surface area contributed by atoms with E-state index in [1.165, 1.54) is 11.8 Å². The van der Waals surface area contributed by atoms with Gasteiger partial charge in [0, 0.05) is 30.5 Å². The Balaban J connectivity index is 1.20. The highest BCUT2D eigenvalue weighted by Gasteiger charge is 2.30. The third kappa shape index (κ3) is 5.80. The maximum Gasteiger partial charge on any atom is 0.253 e. The summed E-state index contributed by atoms with van der Waals surface area (Å²) in [4.78, 5) is 29.8. The second-order valence-electron chi connectivity index (χ2n) is 8.52. The molecule has 1 aliphatic carbocycles. The molecule has 2 N–H and O–H groups in total. The number of carbonyl (C=O) groups is 2. The number of para-hydroxylation sites is 1. The zero-order chi connectivity index (χ0) is 24.7. The highest BCUT2D eigenvalue weighted by Crippen LogP contribution is 2.40. The van der Waals surface area contributed by atoms with E-state index in [0.717, 1.165) is 36.2 Å².